The smallest absolute Gasteiger partial charge is 0.249 e. The van der Waals surface area contributed by atoms with Crippen LogP contribution in [0.5, 0.6) is 0 Å². The minimum atomic E-state index is -0.439. The molecule has 0 saturated heterocycles. The summed E-state index contributed by atoms with van der Waals surface area (Å²) in [6.45, 7) is 4.72. The van der Waals surface area contributed by atoms with Gasteiger partial charge in [-0.05, 0) is 36.8 Å². The summed E-state index contributed by atoms with van der Waals surface area (Å²) >= 11 is 0. The number of anilines is 1. The second-order valence-electron chi connectivity index (χ2n) is 7.43. The molecule has 1 aliphatic heterocycles. The van der Waals surface area contributed by atoms with Crippen LogP contribution in [0.25, 0.3) is 0 Å². The van der Waals surface area contributed by atoms with Crippen LogP contribution in [0.2, 0.25) is 0 Å². The first-order chi connectivity index (χ1) is 11.6. The van der Waals surface area contributed by atoms with Crippen LogP contribution in [0.3, 0.4) is 0 Å². The number of nitrogens with one attached hydrogen (secondary N) is 1. The van der Waals surface area contributed by atoms with Gasteiger partial charge >= 0.3 is 0 Å². The number of carbonyl (C=O) groups excluding carboxylic acids is 2. The predicted octanol–water partition coefficient (Wildman–Crippen LogP) is 3.30. The molecule has 2 aliphatic rings. The van der Waals surface area contributed by atoms with Gasteiger partial charge in [-0.3, -0.25) is 9.59 Å². The first kappa shape index (κ1) is 17.0. The molecule has 1 aromatic rings. The number of hydrogen-bond donors (Lipinski definition) is 1. The molecule has 0 unspecified atom stereocenters. The number of nitrogens with zero attached hydrogens (tertiary/aromatic N) is 1. The first-order valence-corrected chi connectivity index (χ1v) is 9.27. The van der Waals surface area contributed by atoms with Crippen molar-refractivity contribution in [2.24, 2.45) is 11.8 Å². The summed E-state index contributed by atoms with van der Waals surface area (Å²) in [5.41, 5.74) is 2.21. The highest BCUT2D eigenvalue weighted by molar-refractivity contribution is 6.01. The van der Waals surface area contributed by atoms with Gasteiger partial charge < -0.3 is 10.2 Å². The largest absolute Gasteiger partial charge is 0.344 e. The third kappa shape index (κ3) is 3.47. The molecule has 2 amide bonds. The molecule has 3 rings (SSSR count). The number of carbonyl (C=O) groups is 2. The second-order valence-corrected chi connectivity index (χ2v) is 7.43. The molecule has 1 atom stereocenters. The van der Waals surface area contributed by atoms with Gasteiger partial charge in [0.1, 0.15) is 6.04 Å². The summed E-state index contributed by atoms with van der Waals surface area (Å²) in [6, 6.07) is 7.62. The lowest BCUT2D eigenvalue weighted by atomic mass is 9.88. The lowest BCUT2D eigenvalue weighted by molar-refractivity contribution is -0.131. The second kappa shape index (κ2) is 7.37. The van der Waals surface area contributed by atoms with Crippen LogP contribution < -0.4 is 10.2 Å². The summed E-state index contributed by atoms with van der Waals surface area (Å²) in [5.74, 6) is 0.254. The number of rotatable bonds is 4. The van der Waals surface area contributed by atoms with E-state index in [2.05, 4.69) is 11.4 Å². The van der Waals surface area contributed by atoms with E-state index >= 15 is 0 Å². The average Bonchev–Trinajstić information content (AvgIpc) is 3.03. The Bertz CT molecular complexity index is 605. The zero-order valence-electron chi connectivity index (χ0n) is 14.8. The van der Waals surface area contributed by atoms with Gasteiger partial charge in [0.2, 0.25) is 11.8 Å². The third-order valence-electron chi connectivity index (χ3n) is 5.36. The molecule has 0 radical (unpaired) electrons. The molecule has 1 saturated carbocycles. The van der Waals surface area contributed by atoms with Gasteiger partial charge in [-0.25, -0.2) is 0 Å². The maximum atomic E-state index is 13.1. The van der Waals surface area contributed by atoms with E-state index in [-0.39, 0.29) is 23.7 Å². The van der Waals surface area contributed by atoms with Crippen molar-refractivity contribution in [1.82, 2.24) is 5.32 Å². The van der Waals surface area contributed by atoms with E-state index in [1.807, 2.05) is 36.9 Å². The molecule has 24 heavy (non-hydrogen) atoms. The molecule has 1 heterocycles. The van der Waals surface area contributed by atoms with Gasteiger partial charge in [-0.2, -0.15) is 0 Å². The SMILES string of the molecule is CC(C)[C@H](NC(=O)C1CCCCC1)C(=O)N1CCc2ccccc21. The lowest BCUT2D eigenvalue weighted by Gasteiger charge is -2.29. The van der Waals surface area contributed by atoms with Crippen LogP contribution in [-0.2, 0) is 16.0 Å². The summed E-state index contributed by atoms with van der Waals surface area (Å²) in [7, 11) is 0. The van der Waals surface area contributed by atoms with E-state index in [1.165, 1.54) is 12.0 Å². The van der Waals surface area contributed by atoms with Crippen LogP contribution in [0.4, 0.5) is 5.69 Å². The van der Waals surface area contributed by atoms with Crippen molar-refractivity contribution in [3.63, 3.8) is 0 Å². The summed E-state index contributed by atoms with van der Waals surface area (Å²) in [5, 5.41) is 3.06. The van der Waals surface area contributed by atoms with Crippen molar-refractivity contribution in [1.29, 1.82) is 0 Å². The van der Waals surface area contributed by atoms with Crippen LogP contribution >= 0.6 is 0 Å². The molecule has 4 heteroatoms. The molecule has 130 valence electrons. The topological polar surface area (TPSA) is 49.4 Å². The van der Waals surface area contributed by atoms with Crippen LogP contribution in [0.1, 0.15) is 51.5 Å². The lowest BCUT2D eigenvalue weighted by Crippen LogP contribution is -2.52. The predicted molar refractivity (Wildman–Crippen MR) is 95.8 cm³/mol. The minimum absolute atomic E-state index is 0.0270. The summed E-state index contributed by atoms with van der Waals surface area (Å²) in [6.07, 6.45) is 6.27. The van der Waals surface area contributed by atoms with Gasteiger partial charge in [-0.15, -0.1) is 0 Å². The molecule has 0 bridgehead atoms. The molecule has 0 aromatic heterocycles. The first-order valence-electron chi connectivity index (χ1n) is 9.27. The van der Waals surface area contributed by atoms with Crippen molar-refractivity contribution in [2.75, 3.05) is 11.4 Å². The van der Waals surface area contributed by atoms with Crippen LogP contribution in [-0.4, -0.2) is 24.4 Å². The van der Waals surface area contributed by atoms with Gasteiger partial charge in [0.15, 0.2) is 0 Å². The molecular formula is C20H28N2O2. The fraction of sp³-hybridized carbons (Fsp3) is 0.600. The Hall–Kier alpha value is -1.84. The number of amides is 2. The summed E-state index contributed by atoms with van der Waals surface area (Å²) in [4.78, 5) is 27.5. The highest BCUT2D eigenvalue weighted by Crippen LogP contribution is 2.29. The normalized spacial score (nSPS) is 19.2. The van der Waals surface area contributed by atoms with E-state index < -0.39 is 6.04 Å². The third-order valence-corrected chi connectivity index (χ3v) is 5.36. The van der Waals surface area contributed by atoms with E-state index in [0.717, 1.165) is 37.8 Å². The van der Waals surface area contributed by atoms with E-state index in [4.69, 9.17) is 0 Å². The van der Waals surface area contributed by atoms with Crippen LogP contribution in [0, 0.1) is 11.8 Å². The Kier molecular flexibility index (Phi) is 5.22. The number of fused-ring (bicyclic) bond motifs is 1. The van der Waals surface area contributed by atoms with Crippen LogP contribution in [0.15, 0.2) is 24.3 Å². The fourth-order valence-electron chi connectivity index (χ4n) is 3.88. The molecule has 4 nitrogen and oxygen atoms in total. The zero-order chi connectivity index (χ0) is 17.1. The monoisotopic (exact) mass is 328 g/mol. The maximum Gasteiger partial charge on any atom is 0.249 e. The molecule has 1 fully saturated rings. The quantitative estimate of drug-likeness (QED) is 0.922. The Morgan fingerprint density at radius 2 is 1.83 bits per heavy atom. The van der Waals surface area contributed by atoms with Gasteiger partial charge in [0.25, 0.3) is 0 Å². The Balaban J connectivity index is 1.71. The minimum Gasteiger partial charge on any atom is -0.344 e. The van der Waals surface area contributed by atoms with Crippen molar-refractivity contribution in [2.45, 2.75) is 58.4 Å². The number of benzene rings is 1. The van der Waals surface area contributed by atoms with Crippen molar-refractivity contribution < 1.29 is 9.59 Å². The van der Waals surface area contributed by atoms with Gasteiger partial charge in [0, 0.05) is 18.2 Å². The van der Waals surface area contributed by atoms with E-state index in [1.54, 1.807) is 0 Å². The Morgan fingerprint density at radius 3 is 2.54 bits per heavy atom. The van der Waals surface area contributed by atoms with E-state index in [9.17, 15) is 9.59 Å². The van der Waals surface area contributed by atoms with Gasteiger partial charge in [-0.1, -0.05) is 51.3 Å². The van der Waals surface area contributed by atoms with Gasteiger partial charge in [0.05, 0.1) is 0 Å². The molecule has 1 aliphatic carbocycles. The standard InChI is InChI=1S/C20H28N2O2/c1-14(2)18(21-19(23)16-9-4-3-5-10-16)20(24)22-13-12-15-8-6-7-11-17(15)22/h6-8,11,14,16,18H,3-5,9-10,12-13H2,1-2H3,(H,21,23)/t18-/m0/s1. The van der Waals surface area contributed by atoms with Crippen molar-refractivity contribution >= 4 is 17.5 Å². The fourth-order valence-corrected chi connectivity index (χ4v) is 3.88. The Morgan fingerprint density at radius 1 is 1.12 bits per heavy atom. The van der Waals surface area contributed by atoms with Crippen molar-refractivity contribution in [3.05, 3.63) is 29.8 Å². The zero-order valence-corrected chi connectivity index (χ0v) is 14.8. The summed E-state index contributed by atoms with van der Waals surface area (Å²) < 4.78 is 0. The maximum absolute atomic E-state index is 13.1. The Labute approximate surface area is 144 Å². The number of hydrogen-bond acceptors (Lipinski definition) is 2. The van der Waals surface area contributed by atoms with E-state index in [0.29, 0.717) is 6.54 Å². The number of para-hydroxylation sites is 1. The highest BCUT2D eigenvalue weighted by atomic mass is 16.2. The highest BCUT2D eigenvalue weighted by Gasteiger charge is 2.34. The molecular weight excluding hydrogens is 300 g/mol. The van der Waals surface area contributed by atoms with Crippen molar-refractivity contribution in [3.8, 4) is 0 Å². The molecule has 1 aromatic carbocycles. The average molecular weight is 328 g/mol. The molecule has 1 N–H and O–H groups in total. The molecule has 0 spiro atoms.